The molecule has 20 heavy (non-hydrogen) atoms. The van der Waals surface area contributed by atoms with Crippen LogP contribution in [0.4, 0.5) is 13.2 Å². The van der Waals surface area contributed by atoms with Crippen molar-refractivity contribution < 1.29 is 13.2 Å². The molecule has 1 saturated carbocycles. The molecular formula is C14H10ClF3N2. The third-order valence-corrected chi connectivity index (χ3v) is 3.57. The molecule has 104 valence electrons. The smallest absolute Gasteiger partial charge is 0.166 e. The summed E-state index contributed by atoms with van der Waals surface area (Å²) >= 11 is 5.94. The standard InChI is InChI=1S/C14H10ClF3N2/c15-13-10(7-12(19-20-13)8-5-6-8)9-3-1-2-4-11(9)14(16,17)18/h1-4,7-8H,5-6H2. The minimum absolute atomic E-state index is 0.00824. The second kappa shape index (κ2) is 4.74. The van der Waals surface area contributed by atoms with Crippen molar-refractivity contribution in [2.45, 2.75) is 24.9 Å². The molecule has 1 aliphatic rings. The van der Waals surface area contributed by atoms with Crippen LogP contribution in [-0.4, -0.2) is 10.2 Å². The first-order chi connectivity index (χ1) is 9.47. The average molecular weight is 299 g/mol. The lowest BCUT2D eigenvalue weighted by atomic mass is 10.00. The number of halogens is 4. The van der Waals surface area contributed by atoms with E-state index in [-0.39, 0.29) is 16.3 Å². The maximum absolute atomic E-state index is 13.1. The molecule has 1 heterocycles. The number of benzene rings is 1. The first kappa shape index (κ1) is 13.4. The van der Waals surface area contributed by atoms with Crippen LogP contribution in [0.3, 0.4) is 0 Å². The van der Waals surface area contributed by atoms with Crippen molar-refractivity contribution in [1.82, 2.24) is 10.2 Å². The summed E-state index contributed by atoms with van der Waals surface area (Å²) in [4.78, 5) is 0. The molecule has 2 aromatic rings. The molecule has 1 fully saturated rings. The first-order valence-corrected chi connectivity index (χ1v) is 6.54. The molecule has 1 aromatic heterocycles. The second-order valence-electron chi connectivity index (χ2n) is 4.79. The van der Waals surface area contributed by atoms with Gasteiger partial charge in [-0.05, 0) is 30.5 Å². The molecule has 0 N–H and O–H groups in total. The van der Waals surface area contributed by atoms with Gasteiger partial charge in [0.05, 0.1) is 11.3 Å². The van der Waals surface area contributed by atoms with Gasteiger partial charge in [0.15, 0.2) is 5.15 Å². The summed E-state index contributed by atoms with van der Waals surface area (Å²) in [5.41, 5.74) is 0.330. The van der Waals surface area contributed by atoms with Crippen molar-refractivity contribution in [3.8, 4) is 11.1 Å². The highest BCUT2D eigenvalue weighted by Gasteiger charge is 2.34. The molecule has 0 unspecified atom stereocenters. The summed E-state index contributed by atoms with van der Waals surface area (Å²) in [5, 5.41) is 7.73. The Labute approximate surface area is 118 Å². The van der Waals surface area contributed by atoms with Crippen LogP contribution in [0.1, 0.15) is 30.0 Å². The Hall–Kier alpha value is -1.62. The Kier molecular flexibility index (Phi) is 3.17. The topological polar surface area (TPSA) is 25.8 Å². The van der Waals surface area contributed by atoms with Crippen molar-refractivity contribution in [1.29, 1.82) is 0 Å². The molecule has 0 radical (unpaired) electrons. The number of aromatic nitrogens is 2. The van der Waals surface area contributed by atoms with E-state index in [1.165, 1.54) is 12.1 Å². The molecule has 0 amide bonds. The highest BCUT2D eigenvalue weighted by atomic mass is 35.5. The highest BCUT2D eigenvalue weighted by Crippen LogP contribution is 2.43. The van der Waals surface area contributed by atoms with Crippen LogP contribution < -0.4 is 0 Å². The lowest BCUT2D eigenvalue weighted by molar-refractivity contribution is -0.137. The van der Waals surface area contributed by atoms with Crippen LogP contribution in [0.5, 0.6) is 0 Å². The molecule has 6 heteroatoms. The lowest BCUT2D eigenvalue weighted by Crippen LogP contribution is -2.07. The molecule has 2 nitrogen and oxygen atoms in total. The van der Waals surface area contributed by atoms with Gasteiger partial charge >= 0.3 is 6.18 Å². The Morgan fingerprint density at radius 1 is 1.05 bits per heavy atom. The largest absolute Gasteiger partial charge is 0.417 e. The van der Waals surface area contributed by atoms with Gasteiger partial charge in [0.2, 0.25) is 0 Å². The number of nitrogens with zero attached hydrogens (tertiary/aromatic N) is 2. The van der Waals surface area contributed by atoms with Crippen molar-refractivity contribution in [3.63, 3.8) is 0 Å². The van der Waals surface area contributed by atoms with E-state index in [2.05, 4.69) is 10.2 Å². The van der Waals surface area contributed by atoms with Gasteiger partial charge in [-0.15, -0.1) is 5.10 Å². The van der Waals surface area contributed by atoms with E-state index in [1.54, 1.807) is 12.1 Å². The highest BCUT2D eigenvalue weighted by molar-refractivity contribution is 6.32. The van der Waals surface area contributed by atoms with Gasteiger partial charge in [0.25, 0.3) is 0 Å². The summed E-state index contributed by atoms with van der Waals surface area (Å²) in [7, 11) is 0. The summed E-state index contributed by atoms with van der Waals surface area (Å²) < 4.78 is 39.2. The number of rotatable bonds is 2. The van der Waals surface area contributed by atoms with Crippen LogP contribution in [-0.2, 0) is 6.18 Å². The zero-order valence-corrected chi connectivity index (χ0v) is 11.0. The van der Waals surface area contributed by atoms with Gasteiger partial charge in [-0.2, -0.15) is 18.3 Å². The minimum Gasteiger partial charge on any atom is -0.166 e. The fraction of sp³-hybridized carbons (Fsp3) is 0.286. The summed E-state index contributed by atoms with van der Waals surface area (Å²) in [6.07, 6.45) is -2.43. The number of hydrogen-bond donors (Lipinski definition) is 0. The maximum atomic E-state index is 13.1. The van der Waals surface area contributed by atoms with E-state index < -0.39 is 11.7 Å². The summed E-state index contributed by atoms with van der Waals surface area (Å²) in [5.74, 6) is 0.302. The van der Waals surface area contributed by atoms with Crippen LogP contribution in [0.2, 0.25) is 5.15 Å². The first-order valence-electron chi connectivity index (χ1n) is 6.16. The van der Waals surface area contributed by atoms with Crippen molar-refractivity contribution >= 4 is 11.6 Å². The Bertz CT molecular complexity index is 651. The molecule has 3 rings (SSSR count). The van der Waals surface area contributed by atoms with E-state index in [0.717, 1.165) is 18.9 Å². The molecule has 0 saturated heterocycles. The van der Waals surface area contributed by atoms with Crippen LogP contribution in [0, 0.1) is 0 Å². The van der Waals surface area contributed by atoms with Crippen molar-refractivity contribution in [3.05, 3.63) is 46.7 Å². The summed E-state index contributed by atoms with van der Waals surface area (Å²) in [6.45, 7) is 0. The summed E-state index contributed by atoms with van der Waals surface area (Å²) in [6, 6.07) is 6.98. The zero-order valence-electron chi connectivity index (χ0n) is 10.3. The Morgan fingerprint density at radius 3 is 2.40 bits per heavy atom. The Morgan fingerprint density at radius 2 is 1.75 bits per heavy atom. The predicted molar refractivity (Wildman–Crippen MR) is 69.5 cm³/mol. The molecule has 1 aliphatic carbocycles. The van der Waals surface area contributed by atoms with Gasteiger partial charge in [-0.25, -0.2) is 0 Å². The van der Waals surface area contributed by atoms with E-state index in [1.807, 2.05) is 0 Å². The third kappa shape index (κ3) is 2.50. The average Bonchev–Trinajstić information content (AvgIpc) is 3.23. The quantitative estimate of drug-likeness (QED) is 0.803. The predicted octanol–water partition coefficient (Wildman–Crippen LogP) is 4.69. The minimum atomic E-state index is -4.43. The Balaban J connectivity index is 2.15. The molecule has 0 aliphatic heterocycles. The SMILES string of the molecule is FC(F)(F)c1ccccc1-c1cc(C2CC2)nnc1Cl. The fourth-order valence-corrected chi connectivity index (χ4v) is 2.32. The van der Waals surface area contributed by atoms with Gasteiger partial charge in [-0.3, -0.25) is 0 Å². The fourth-order valence-electron chi connectivity index (χ4n) is 2.12. The van der Waals surface area contributed by atoms with Crippen LogP contribution in [0.15, 0.2) is 30.3 Å². The third-order valence-electron chi connectivity index (χ3n) is 3.29. The van der Waals surface area contributed by atoms with Gasteiger partial charge < -0.3 is 0 Å². The van der Waals surface area contributed by atoms with E-state index in [0.29, 0.717) is 11.6 Å². The van der Waals surface area contributed by atoms with Gasteiger partial charge in [0.1, 0.15) is 0 Å². The normalized spacial score (nSPS) is 15.4. The van der Waals surface area contributed by atoms with Gasteiger partial charge in [-0.1, -0.05) is 29.8 Å². The monoisotopic (exact) mass is 298 g/mol. The molecule has 0 spiro atoms. The molecular weight excluding hydrogens is 289 g/mol. The van der Waals surface area contributed by atoms with Crippen molar-refractivity contribution in [2.24, 2.45) is 0 Å². The van der Waals surface area contributed by atoms with Gasteiger partial charge in [0, 0.05) is 11.5 Å². The van der Waals surface area contributed by atoms with E-state index in [4.69, 9.17) is 11.6 Å². The zero-order chi connectivity index (χ0) is 14.3. The number of alkyl halides is 3. The van der Waals surface area contributed by atoms with E-state index >= 15 is 0 Å². The molecule has 0 bridgehead atoms. The van der Waals surface area contributed by atoms with E-state index in [9.17, 15) is 13.2 Å². The lowest BCUT2D eigenvalue weighted by Gasteiger charge is -2.13. The second-order valence-corrected chi connectivity index (χ2v) is 5.15. The maximum Gasteiger partial charge on any atom is 0.417 e. The van der Waals surface area contributed by atoms with Crippen LogP contribution in [0.25, 0.3) is 11.1 Å². The van der Waals surface area contributed by atoms with Crippen LogP contribution >= 0.6 is 11.6 Å². The van der Waals surface area contributed by atoms with Crippen molar-refractivity contribution in [2.75, 3.05) is 0 Å². The molecule has 0 atom stereocenters. The molecule has 1 aromatic carbocycles. The number of hydrogen-bond acceptors (Lipinski definition) is 2.